The van der Waals surface area contributed by atoms with Crippen LogP contribution in [-0.2, 0) is 4.79 Å². The summed E-state index contributed by atoms with van der Waals surface area (Å²) in [6.07, 6.45) is 1.24. The first kappa shape index (κ1) is 13.7. The van der Waals surface area contributed by atoms with E-state index in [9.17, 15) is 4.79 Å². The molecule has 0 saturated carbocycles. The van der Waals surface area contributed by atoms with Gasteiger partial charge in [-0.05, 0) is 45.9 Å². The van der Waals surface area contributed by atoms with Crippen molar-refractivity contribution < 1.29 is 9.53 Å². The Balaban J connectivity index is 2.18. The molecule has 0 radical (unpaired) electrons. The number of hydrogen-bond acceptors (Lipinski definition) is 3. The molecule has 1 N–H and O–H groups in total. The molecule has 0 atom stereocenters. The standard InChI is InChI=1S/C14H21NO2/c1-14(2,3)15-11-7-10-13(16)17-12-8-5-4-6-9-12/h4-6,8-9,15H,7,10-11H2,1-3H3. The lowest BCUT2D eigenvalue weighted by Gasteiger charge is -2.20. The largest absolute Gasteiger partial charge is 0.427 e. The first-order chi connectivity index (χ1) is 7.97. The van der Waals surface area contributed by atoms with Crippen molar-refractivity contribution in [3.63, 3.8) is 0 Å². The van der Waals surface area contributed by atoms with Crippen LogP contribution in [0.25, 0.3) is 0 Å². The van der Waals surface area contributed by atoms with Crippen molar-refractivity contribution >= 4 is 5.97 Å². The summed E-state index contributed by atoms with van der Waals surface area (Å²) in [5, 5.41) is 3.33. The van der Waals surface area contributed by atoms with Gasteiger partial charge in [-0.1, -0.05) is 18.2 Å². The Bertz CT molecular complexity index is 341. The molecule has 0 aliphatic heterocycles. The minimum absolute atomic E-state index is 0.101. The monoisotopic (exact) mass is 235 g/mol. The van der Waals surface area contributed by atoms with E-state index in [2.05, 4.69) is 26.1 Å². The van der Waals surface area contributed by atoms with E-state index in [4.69, 9.17) is 4.74 Å². The molecule has 94 valence electrons. The Morgan fingerprint density at radius 3 is 2.47 bits per heavy atom. The third kappa shape index (κ3) is 6.74. The lowest BCUT2D eigenvalue weighted by Crippen LogP contribution is -2.36. The molecular formula is C14H21NO2. The SMILES string of the molecule is CC(C)(C)NCCCC(=O)Oc1ccccc1. The number of hydrogen-bond donors (Lipinski definition) is 1. The molecule has 0 fully saturated rings. The summed E-state index contributed by atoms with van der Waals surface area (Å²) in [6.45, 7) is 7.15. The van der Waals surface area contributed by atoms with Gasteiger partial charge in [0.15, 0.2) is 0 Å². The van der Waals surface area contributed by atoms with Crippen LogP contribution in [-0.4, -0.2) is 18.1 Å². The Kier molecular flexibility index (Phi) is 5.16. The van der Waals surface area contributed by atoms with Gasteiger partial charge in [-0.15, -0.1) is 0 Å². The second-order valence-corrected chi connectivity index (χ2v) is 5.07. The summed E-state index contributed by atoms with van der Waals surface area (Å²) in [5.41, 5.74) is 0.101. The summed E-state index contributed by atoms with van der Waals surface area (Å²) in [4.78, 5) is 11.5. The second kappa shape index (κ2) is 6.40. The number of nitrogens with one attached hydrogen (secondary N) is 1. The molecule has 1 aromatic carbocycles. The highest BCUT2D eigenvalue weighted by Gasteiger charge is 2.09. The Morgan fingerprint density at radius 2 is 1.88 bits per heavy atom. The van der Waals surface area contributed by atoms with Gasteiger partial charge >= 0.3 is 5.97 Å². The molecular weight excluding hydrogens is 214 g/mol. The van der Waals surface area contributed by atoms with E-state index >= 15 is 0 Å². The van der Waals surface area contributed by atoms with E-state index in [-0.39, 0.29) is 11.5 Å². The highest BCUT2D eigenvalue weighted by molar-refractivity contribution is 5.72. The van der Waals surface area contributed by atoms with Crippen molar-refractivity contribution in [3.05, 3.63) is 30.3 Å². The normalized spacial score (nSPS) is 11.2. The quantitative estimate of drug-likeness (QED) is 0.484. The molecule has 3 nitrogen and oxygen atoms in total. The lowest BCUT2D eigenvalue weighted by molar-refractivity contribution is -0.134. The van der Waals surface area contributed by atoms with Crippen molar-refractivity contribution in [1.82, 2.24) is 5.32 Å². The maximum Gasteiger partial charge on any atom is 0.311 e. The van der Waals surface area contributed by atoms with Crippen LogP contribution >= 0.6 is 0 Å². The number of ether oxygens (including phenoxy) is 1. The van der Waals surface area contributed by atoms with Crippen LogP contribution in [0.1, 0.15) is 33.6 Å². The highest BCUT2D eigenvalue weighted by Crippen LogP contribution is 2.09. The maximum atomic E-state index is 11.5. The van der Waals surface area contributed by atoms with Gasteiger partial charge in [0, 0.05) is 12.0 Å². The molecule has 0 aromatic heterocycles. The molecule has 0 unspecified atom stereocenters. The van der Waals surface area contributed by atoms with Gasteiger partial charge in [0.05, 0.1) is 0 Å². The minimum Gasteiger partial charge on any atom is -0.427 e. The fourth-order valence-corrected chi connectivity index (χ4v) is 1.37. The van der Waals surface area contributed by atoms with Crippen LogP contribution in [0.2, 0.25) is 0 Å². The molecule has 0 heterocycles. The number of rotatable bonds is 5. The van der Waals surface area contributed by atoms with E-state index in [1.54, 1.807) is 12.1 Å². The van der Waals surface area contributed by atoms with Crippen LogP contribution in [0.15, 0.2) is 30.3 Å². The Labute approximate surface area is 103 Å². The third-order valence-electron chi connectivity index (χ3n) is 2.19. The molecule has 0 amide bonds. The van der Waals surface area contributed by atoms with E-state index in [0.29, 0.717) is 12.2 Å². The minimum atomic E-state index is -0.174. The summed E-state index contributed by atoms with van der Waals surface area (Å²) in [7, 11) is 0. The van der Waals surface area contributed by atoms with Gasteiger partial charge in [-0.3, -0.25) is 4.79 Å². The van der Waals surface area contributed by atoms with E-state index in [0.717, 1.165) is 13.0 Å². The molecule has 1 rings (SSSR count). The third-order valence-corrected chi connectivity index (χ3v) is 2.19. The van der Waals surface area contributed by atoms with Gasteiger partial charge in [-0.2, -0.15) is 0 Å². The van der Waals surface area contributed by atoms with Crippen molar-refractivity contribution in [2.24, 2.45) is 0 Å². The van der Waals surface area contributed by atoms with Crippen molar-refractivity contribution in [2.75, 3.05) is 6.54 Å². The first-order valence-electron chi connectivity index (χ1n) is 5.98. The average Bonchev–Trinajstić information content (AvgIpc) is 2.25. The number of para-hydroxylation sites is 1. The molecule has 1 aromatic rings. The molecule has 0 saturated heterocycles. The number of carbonyl (C=O) groups excluding carboxylic acids is 1. The summed E-state index contributed by atoms with van der Waals surface area (Å²) < 4.78 is 5.18. The maximum absolute atomic E-state index is 11.5. The number of esters is 1. The summed E-state index contributed by atoms with van der Waals surface area (Å²) >= 11 is 0. The fraction of sp³-hybridized carbons (Fsp3) is 0.500. The van der Waals surface area contributed by atoms with Gasteiger partial charge in [-0.25, -0.2) is 0 Å². The van der Waals surface area contributed by atoms with Gasteiger partial charge in [0.1, 0.15) is 5.75 Å². The van der Waals surface area contributed by atoms with E-state index < -0.39 is 0 Å². The van der Waals surface area contributed by atoms with Crippen LogP contribution in [0.4, 0.5) is 0 Å². The van der Waals surface area contributed by atoms with E-state index in [1.165, 1.54) is 0 Å². The topological polar surface area (TPSA) is 38.3 Å². The molecule has 0 aliphatic carbocycles. The zero-order valence-electron chi connectivity index (χ0n) is 10.8. The lowest BCUT2D eigenvalue weighted by atomic mass is 10.1. The molecule has 17 heavy (non-hydrogen) atoms. The summed E-state index contributed by atoms with van der Waals surface area (Å²) in [6, 6.07) is 9.16. The molecule has 0 bridgehead atoms. The van der Waals surface area contributed by atoms with Gasteiger partial charge in [0.2, 0.25) is 0 Å². The van der Waals surface area contributed by atoms with Crippen molar-refractivity contribution in [2.45, 2.75) is 39.2 Å². The average molecular weight is 235 g/mol. The fourth-order valence-electron chi connectivity index (χ4n) is 1.37. The zero-order valence-corrected chi connectivity index (χ0v) is 10.8. The van der Waals surface area contributed by atoms with Crippen molar-refractivity contribution in [1.29, 1.82) is 0 Å². The predicted octanol–water partition coefficient (Wildman–Crippen LogP) is 2.76. The molecule has 0 aliphatic rings. The Hall–Kier alpha value is -1.35. The smallest absolute Gasteiger partial charge is 0.311 e. The highest BCUT2D eigenvalue weighted by atomic mass is 16.5. The first-order valence-corrected chi connectivity index (χ1v) is 5.98. The second-order valence-electron chi connectivity index (χ2n) is 5.07. The molecule has 0 spiro atoms. The van der Waals surface area contributed by atoms with Crippen LogP contribution in [0.3, 0.4) is 0 Å². The van der Waals surface area contributed by atoms with Crippen LogP contribution in [0.5, 0.6) is 5.75 Å². The summed E-state index contributed by atoms with van der Waals surface area (Å²) in [5.74, 6) is 0.438. The zero-order chi connectivity index (χ0) is 12.7. The van der Waals surface area contributed by atoms with Crippen molar-refractivity contribution in [3.8, 4) is 5.75 Å². The Morgan fingerprint density at radius 1 is 1.24 bits per heavy atom. The van der Waals surface area contributed by atoms with Gasteiger partial charge in [0.25, 0.3) is 0 Å². The number of benzene rings is 1. The number of carbonyl (C=O) groups is 1. The molecule has 3 heteroatoms. The van der Waals surface area contributed by atoms with Crippen LogP contribution < -0.4 is 10.1 Å². The van der Waals surface area contributed by atoms with Crippen LogP contribution in [0, 0.1) is 0 Å². The predicted molar refractivity (Wildman–Crippen MR) is 69.1 cm³/mol. The van der Waals surface area contributed by atoms with E-state index in [1.807, 2.05) is 18.2 Å². The van der Waals surface area contributed by atoms with Gasteiger partial charge < -0.3 is 10.1 Å².